The number of carboxylic acid groups (broad SMARTS) is 1. The quantitative estimate of drug-likeness (QED) is 0.316. The van der Waals surface area contributed by atoms with Crippen molar-refractivity contribution in [2.24, 2.45) is 0 Å². The van der Waals surface area contributed by atoms with Gasteiger partial charge >= 0.3 is 12.0 Å². The van der Waals surface area contributed by atoms with Gasteiger partial charge in [-0.3, -0.25) is 14.4 Å². The Kier molecular flexibility index (Phi) is 8.87. The summed E-state index contributed by atoms with van der Waals surface area (Å²) in [7, 11) is 0. The zero-order valence-electron chi connectivity index (χ0n) is 13.9. The largest absolute Gasteiger partial charge is 0.480 e. The summed E-state index contributed by atoms with van der Waals surface area (Å²) in [6.45, 7) is -1.37. The average molecular weight is 364 g/mol. The molecular formula is C16H20N4O6. The summed E-state index contributed by atoms with van der Waals surface area (Å²) in [6, 6.07) is 7.58. The Morgan fingerprint density at radius 2 is 1.54 bits per heavy atom. The second kappa shape index (κ2) is 11.2. The van der Waals surface area contributed by atoms with E-state index in [4.69, 9.17) is 5.11 Å². The highest BCUT2D eigenvalue weighted by atomic mass is 16.4. The van der Waals surface area contributed by atoms with Crippen LogP contribution in [0.15, 0.2) is 30.3 Å². The van der Waals surface area contributed by atoms with E-state index in [1.807, 2.05) is 35.6 Å². The number of hydrogen-bond donors (Lipinski definition) is 5. The van der Waals surface area contributed by atoms with Crippen LogP contribution in [-0.4, -0.2) is 60.9 Å². The third kappa shape index (κ3) is 9.01. The molecule has 0 saturated carbocycles. The van der Waals surface area contributed by atoms with Gasteiger partial charge in [-0.15, -0.1) is 0 Å². The smallest absolute Gasteiger partial charge is 0.323 e. The maximum absolute atomic E-state index is 11.8. The molecule has 26 heavy (non-hydrogen) atoms. The molecule has 0 aliphatic heterocycles. The average Bonchev–Trinajstić information content (AvgIpc) is 2.63. The summed E-state index contributed by atoms with van der Waals surface area (Å²) in [5.74, 6) is -2.42. The number of urea groups is 1. The van der Waals surface area contributed by atoms with Crippen LogP contribution in [0.2, 0.25) is 0 Å². The van der Waals surface area contributed by atoms with Crippen molar-refractivity contribution >= 4 is 30.1 Å². The molecule has 0 radical (unpaired) electrons. The van der Waals surface area contributed by atoms with Crippen molar-refractivity contribution in [2.75, 3.05) is 19.6 Å². The van der Waals surface area contributed by atoms with Crippen LogP contribution in [0.25, 0.3) is 0 Å². The van der Waals surface area contributed by atoms with Crippen LogP contribution in [0.5, 0.6) is 0 Å². The Morgan fingerprint density at radius 3 is 2.15 bits per heavy atom. The predicted octanol–water partition coefficient (Wildman–Crippen LogP) is -1.59. The predicted molar refractivity (Wildman–Crippen MR) is 90.2 cm³/mol. The standard InChI is InChI=1S/C16H20N4O6/c21-10-12(6-11-4-2-1-3-5-11)20-14(23)8-17-13(22)7-18-16(26)19-9-15(24)25/h1-5,10,12H,6-9H2,(H,17,22)(H,20,23)(H,24,25)(H2,18,19,26). The van der Waals surface area contributed by atoms with E-state index in [1.165, 1.54) is 0 Å². The summed E-state index contributed by atoms with van der Waals surface area (Å²) in [4.78, 5) is 55.8. The van der Waals surface area contributed by atoms with Crippen LogP contribution in [0.3, 0.4) is 0 Å². The van der Waals surface area contributed by atoms with Gasteiger partial charge in [0, 0.05) is 0 Å². The van der Waals surface area contributed by atoms with E-state index in [1.54, 1.807) is 0 Å². The lowest BCUT2D eigenvalue weighted by atomic mass is 10.1. The van der Waals surface area contributed by atoms with Crippen molar-refractivity contribution in [1.29, 1.82) is 0 Å². The second-order valence-corrected chi connectivity index (χ2v) is 5.21. The number of aliphatic carboxylic acids is 1. The lowest BCUT2D eigenvalue weighted by Gasteiger charge is -2.13. The van der Waals surface area contributed by atoms with Crippen LogP contribution >= 0.6 is 0 Å². The normalized spacial score (nSPS) is 10.9. The van der Waals surface area contributed by atoms with Crippen LogP contribution in [0, 0.1) is 0 Å². The number of benzene rings is 1. The topological polar surface area (TPSA) is 154 Å². The second-order valence-electron chi connectivity index (χ2n) is 5.21. The van der Waals surface area contributed by atoms with Crippen LogP contribution < -0.4 is 21.3 Å². The van der Waals surface area contributed by atoms with Crippen LogP contribution in [0.1, 0.15) is 5.56 Å². The van der Waals surface area contributed by atoms with Gasteiger partial charge in [0.2, 0.25) is 11.8 Å². The van der Waals surface area contributed by atoms with Crippen LogP contribution in [-0.2, 0) is 25.6 Å². The number of rotatable bonds is 10. The SMILES string of the molecule is O=CC(Cc1ccccc1)NC(=O)CNC(=O)CNC(=O)NCC(=O)O. The van der Waals surface area contributed by atoms with E-state index in [0.717, 1.165) is 5.56 Å². The maximum atomic E-state index is 11.8. The highest BCUT2D eigenvalue weighted by Gasteiger charge is 2.13. The Labute approximate surface area is 149 Å². The van der Waals surface area contributed by atoms with E-state index in [2.05, 4.69) is 16.0 Å². The first-order valence-corrected chi connectivity index (χ1v) is 7.69. The number of hydrogen-bond acceptors (Lipinski definition) is 5. The zero-order valence-corrected chi connectivity index (χ0v) is 13.9. The highest BCUT2D eigenvalue weighted by molar-refractivity contribution is 5.89. The summed E-state index contributed by atoms with van der Waals surface area (Å²) in [5.41, 5.74) is 0.880. The van der Waals surface area contributed by atoms with Gasteiger partial charge in [0.1, 0.15) is 12.8 Å². The Morgan fingerprint density at radius 1 is 0.923 bits per heavy atom. The number of carboxylic acids is 1. The molecule has 4 amide bonds. The first kappa shape index (κ1) is 20.6. The molecule has 1 unspecified atom stereocenters. The molecule has 0 spiro atoms. The molecular weight excluding hydrogens is 344 g/mol. The molecule has 10 nitrogen and oxygen atoms in total. The fraction of sp³-hybridized carbons (Fsp3) is 0.312. The van der Waals surface area contributed by atoms with Crippen molar-refractivity contribution < 1.29 is 29.1 Å². The Balaban J connectivity index is 2.27. The molecule has 0 fully saturated rings. The number of aldehydes is 1. The molecule has 140 valence electrons. The molecule has 10 heteroatoms. The third-order valence-electron chi connectivity index (χ3n) is 3.06. The van der Waals surface area contributed by atoms with Crippen molar-refractivity contribution in [3.8, 4) is 0 Å². The van der Waals surface area contributed by atoms with E-state index in [0.29, 0.717) is 12.7 Å². The Bertz CT molecular complexity index is 649. The van der Waals surface area contributed by atoms with Gasteiger partial charge in [-0.25, -0.2) is 4.79 Å². The monoisotopic (exact) mass is 364 g/mol. The summed E-state index contributed by atoms with van der Waals surface area (Å²) < 4.78 is 0. The lowest BCUT2D eigenvalue weighted by molar-refractivity contribution is -0.135. The molecule has 0 saturated heterocycles. The maximum Gasteiger partial charge on any atom is 0.323 e. The molecule has 0 aromatic heterocycles. The fourth-order valence-electron chi connectivity index (χ4n) is 1.88. The van der Waals surface area contributed by atoms with Crippen LogP contribution in [0.4, 0.5) is 4.79 Å². The first-order valence-electron chi connectivity index (χ1n) is 7.69. The summed E-state index contributed by atoms with van der Waals surface area (Å²) in [6.07, 6.45) is 0.941. The molecule has 1 aromatic rings. The third-order valence-corrected chi connectivity index (χ3v) is 3.06. The van der Waals surface area contributed by atoms with E-state index in [9.17, 15) is 24.0 Å². The molecule has 0 aliphatic rings. The molecule has 1 rings (SSSR count). The van der Waals surface area contributed by atoms with Crippen molar-refractivity contribution in [2.45, 2.75) is 12.5 Å². The highest BCUT2D eigenvalue weighted by Crippen LogP contribution is 2.01. The van der Waals surface area contributed by atoms with Gasteiger partial charge in [-0.05, 0) is 12.0 Å². The molecule has 0 heterocycles. The lowest BCUT2D eigenvalue weighted by Crippen LogP contribution is -2.47. The first-order chi connectivity index (χ1) is 12.4. The molecule has 5 N–H and O–H groups in total. The molecule has 0 bridgehead atoms. The summed E-state index contributed by atoms with van der Waals surface area (Å²) in [5, 5.41) is 17.3. The van der Waals surface area contributed by atoms with E-state index in [-0.39, 0.29) is 6.54 Å². The number of nitrogens with one attached hydrogen (secondary N) is 4. The number of amides is 4. The number of carbonyl (C=O) groups excluding carboxylic acids is 4. The summed E-state index contributed by atoms with van der Waals surface area (Å²) >= 11 is 0. The van der Waals surface area contributed by atoms with E-state index < -0.39 is 42.9 Å². The minimum Gasteiger partial charge on any atom is -0.480 e. The number of carbonyl (C=O) groups is 5. The molecule has 0 aliphatic carbocycles. The minimum absolute atomic E-state index is 0.329. The molecule has 1 atom stereocenters. The fourth-order valence-corrected chi connectivity index (χ4v) is 1.88. The van der Waals surface area contributed by atoms with Gasteiger partial charge in [0.05, 0.1) is 19.1 Å². The van der Waals surface area contributed by atoms with E-state index >= 15 is 0 Å². The van der Waals surface area contributed by atoms with Gasteiger partial charge in [0.25, 0.3) is 0 Å². The van der Waals surface area contributed by atoms with Gasteiger partial charge in [-0.2, -0.15) is 0 Å². The van der Waals surface area contributed by atoms with Gasteiger partial charge < -0.3 is 31.2 Å². The minimum atomic E-state index is -1.22. The van der Waals surface area contributed by atoms with Crippen molar-refractivity contribution in [3.63, 3.8) is 0 Å². The van der Waals surface area contributed by atoms with Gasteiger partial charge in [0.15, 0.2) is 0 Å². The van der Waals surface area contributed by atoms with Crippen molar-refractivity contribution in [3.05, 3.63) is 35.9 Å². The van der Waals surface area contributed by atoms with Gasteiger partial charge in [-0.1, -0.05) is 30.3 Å². The zero-order chi connectivity index (χ0) is 19.4. The van der Waals surface area contributed by atoms with Crippen molar-refractivity contribution in [1.82, 2.24) is 21.3 Å². The molecule has 1 aromatic carbocycles. The Hall–Kier alpha value is -3.43.